The lowest BCUT2D eigenvalue weighted by Crippen LogP contribution is -1.74. The molecule has 0 aliphatic rings. The number of hydrogen-bond donors (Lipinski definition) is 0. The molecule has 0 atom stereocenters. The first-order chi connectivity index (χ1) is 6.45. The molecule has 0 saturated heterocycles. The highest BCUT2D eigenvalue weighted by atomic mass is 32.1. The molecular weight excluding hydrogens is 180 g/mol. The number of hydrogen-bond acceptors (Lipinski definition) is 3. The van der Waals surface area contributed by atoms with E-state index in [1.54, 1.807) is 0 Å². The molecule has 2 nitrogen and oxygen atoms in total. The van der Waals surface area contributed by atoms with Gasteiger partial charge in [0.15, 0.2) is 0 Å². The van der Waals surface area contributed by atoms with Crippen molar-refractivity contribution in [3.8, 4) is 0 Å². The first-order valence-corrected chi connectivity index (χ1v) is 4.82. The summed E-state index contributed by atoms with van der Waals surface area (Å²) in [5, 5.41) is 6.53. The van der Waals surface area contributed by atoms with Gasteiger partial charge in [-0.25, -0.2) is 0 Å². The van der Waals surface area contributed by atoms with Crippen LogP contribution in [0.2, 0.25) is 0 Å². The monoisotopic (exact) mass is 186 g/mol. The topological polar surface area (TPSA) is 25.8 Å². The molecule has 0 aliphatic carbocycles. The second kappa shape index (κ2) is 2.50. The van der Waals surface area contributed by atoms with Gasteiger partial charge in [0.2, 0.25) is 0 Å². The van der Waals surface area contributed by atoms with Gasteiger partial charge in [0.05, 0.1) is 4.70 Å². The zero-order chi connectivity index (χ0) is 8.67. The Hall–Kier alpha value is -1.48. The van der Waals surface area contributed by atoms with Crippen molar-refractivity contribution >= 4 is 32.5 Å². The van der Waals surface area contributed by atoms with Gasteiger partial charge in [-0.1, -0.05) is 34.8 Å². The van der Waals surface area contributed by atoms with Crippen LogP contribution < -0.4 is 0 Å². The quantitative estimate of drug-likeness (QED) is 0.539. The summed E-state index contributed by atoms with van der Waals surface area (Å²) in [6, 6.07) is 12.4. The molecule has 3 heteroatoms. The van der Waals surface area contributed by atoms with Crippen LogP contribution >= 0.6 is 11.5 Å². The lowest BCUT2D eigenvalue weighted by Gasteiger charge is -1.95. The van der Waals surface area contributed by atoms with Crippen LogP contribution in [0.5, 0.6) is 0 Å². The van der Waals surface area contributed by atoms with E-state index in [9.17, 15) is 0 Å². The van der Waals surface area contributed by atoms with E-state index in [4.69, 9.17) is 0 Å². The molecule has 1 aromatic heterocycles. The van der Waals surface area contributed by atoms with E-state index in [2.05, 4.69) is 33.9 Å². The van der Waals surface area contributed by atoms with Crippen molar-refractivity contribution in [3.63, 3.8) is 0 Å². The molecule has 0 bridgehead atoms. The molecule has 3 aromatic rings. The Labute approximate surface area is 79.0 Å². The third-order valence-corrected chi connectivity index (χ3v) is 2.83. The minimum Gasteiger partial charge on any atom is -0.137 e. The smallest absolute Gasteiger partial charge is 0.113 e. The van der Waals surface area contributed by atoms with Gasteiger partial charge in [0, 0.05) is 5.39 Å². The van der Waals surface area contributed by atoms with E-state index in [1.165, 1.54) is 22.3 Å². The molecule has 0 fully saturated rings. The molecule has 2 aromatic carbocycles. The Balaban J connectivity index is 2.65. The first-order valence-electron chi connectivity index (χ1n) is 4.05. The summed E-state index contributed by atoms with van der Waals surface area (Å²) in [6.45, 7) is 0. The number of nitrogens with zero attached hydrogens (tertiary/aromatic N) is 2. The molecule has 0 spiro atoms. The summed E-state index contributed by atoms with van der Waals surface area (Å²) in [7, 11) is 0. The lowest BCUT2D eigenvalue weighted by molar-refractivity contribution is 1.20. The minimum absolute atomic E-state index is 1.02. The molecule has 1 heterocycles. The molecule has 0 N–H and O–H groups in total. The maximum Gasteiger partial charge on any atom is 0.113 e. The third kappa shape index (κ3) is 0.939. The van der Waals surface area contributed by atoms with Crippen molar-refractivity contribution in [2.75, 3.05) is 0 Å². The normalized spacial score (nSPS) is 11.1. The van der Waals surface area contributed by atoms with Crippen LogP contribution in [-0.2, 0) is 0 Å². The summed E-state index contributed by atoms with van der Waals surface area (Å²) < 4.78 is 5.09. The fourth-order valence-corrected chi connectivity index (χ4v) is 2.09. The minimum atomic E-state index is 1.02. The van der Waals surface area contributed by atoms with E-state index in [0.29, 0.717) is 0 Å². The lowest BCUT2D eigenvalue weighted by atomic mass is 10.1. The SMILES string of the molecule is c1ccc2c(c1)ccc1snnc12. The standard InChI is InChI=1S/C10H6N2S/c1-2-4-8-7(3-1)5-6-9-10(8)11-12-13-9/h1-6H. The van der Waals surface area contributed by atoms with Crippen LogP contribution in [0, 0.1) is 0 Å². The fraction of sp³-hybridized carbons (Fsp3) is 0. The van der Waals surface area contributed by atoms with Crippen LogP contribution in [0.3, 0.4) is 0 Å². The average molecular weight is 186 g/mol. The van der Waals surface area contributed by atoms with Crippen LogP contribution in [0.15, 0.2) is 36.4 Å². The van der Waals surface area contributed by atoms with Crippen molar-refractivity contribution in [1.82, 2.24) is 9.59 Å². The van der Waals surface area contributed by atoms with Crippen LogP contribution in [0.25, 0.3) is 21.0 Å². The van der Waals surface area contributed by atoms with Gasteiger partial charge in [-0.3, -0.25) is 0 Å². The Bertz CT molecular complexity index is 571. The summed E-state index contributed by atoms with van der Waals surface area (Å²) >= 11 is 1.44. The van der Waals surface area contributed by atoms with Crippen LogP contribution in [0.1, 0.15) is 0 Å². The van der Waals surface area contributed by atoms with Gasteiger partial charge < -0.3 is 0 Å². The summed E-state index contributed by atoms with van der Waals surface area (Å²) in [5.41, 5.74) is 1.02. The molecule has 0 aliphatic heterocycles. The van der Waals surface area contributed by atoms with E-state index < -0.39 is 0 Å². The molecule has 0 saturated carbocycles. The maximum absolute atomic E-state index is 4.12. The summed E-state index contributed by atoms with van der Waals surface area (Å²) in [6.07, 6.45) is 0. The van der Waals surface area contributed by atoms with Crippen LogP contribution in [0.4, 0.5) is 0 Å². The van der Waals surface area contributed by atoms with Gasteiger partial charge in [-0.2, -0.15) is 0 Å². The summed E-state index contributed by atoms with van der Waals surface area (Å²) in [4.78, 5) is 0. The fourth-order valence-electron chi connectivity index (χ4n) is 1.52. The molecule has 0 amide bonds. The Morgan fingerprint density at radius 1 is 1.00 bits per heavy atom. The molecule has 13 heavy (non-hydrogen) atoms. The van der Waals surface area contributed by atoms with Crippen molar-refractivity contribution in [2.24, 2.45) is 0 Å². The highest BCUT2D eigenvalue weighted by Crippen LogP contribution is 2.24. The van der Waals surface area contributed by atoms with Crippen LogP contribution in [-0.4, -0.2) is 9.59 Å². The highest BCUT2D eigenvalue weighted by molar-refractivity contribution is 7.13. The van der Waals surface area contributed by atoms with Crippen molar-refractivity contribution in [1.29, 1.82) is 0 Å². The number of fused-ring (bicyclic) bond motifs is 3. The Morgan fingerprint density at radius 3 is 2.92 bits per heavy atom. The molecule has 62 valence electrons. The van der Waals surface area contributed by atoms with Gasteiger partial charge in [0.25, 0.3) is 0 Å². The van der Waals surface area contributed by atoms with E-state index >= 15 is 0 Å². The predicted molar refractivity (Wildman–Crippen MR) is 54.9 cm³/mol. The number of aromatic nitrogens is 2. The maximum atomic E-state index is 4.12. The highest BCUT2D eigenvalue weighted by Gasteiger charge is 2.01. The van der Waals surface area contributed by atoms with Gasteiger partial charge in [0.1, 0.15) is 5.52 Å². The average Bonchev–Trinajstić information content (AvgIpc) is 2.65. The van der Waals surface area contributed by atoms with Gasteiger partial charge in [-0.05, 0) is 23.0 Å². The Kier molecular flexibility index (Phi) is 1.34. The zero-order valence-corrected chi connectivity index (χ0v) is 7.58. The predicted octanol–water partition coefficient (Wildman–Crippen LogP) is 2.84. The van der Waals surface area contributed by atoms with E-state index in [1.807, 2.05) is 12.1 Å². The van der Waals surface area contributed by atoms with Crippen molar-refractivity contribution in [3.05, 3.63) is 36.4 Å². The molecule has 3 rings (SSSR count). The Morgan fingerprint density at radius 2 is 1.92 bits per heavy atom. The second-order valence-electron chi connectivity index (χ2n) is 2.91. The third-order valence-electron chi connectivity index (χ3n) is 2.14. The van der Waals surface area contributed by atoms with Gasteiger partial charge >= 0.3 is 0 Å². The summed E-state index contributed by atoms with van der Waals surface area (Å²) in [5.74, 6) is 0. The molecule has 0 radical (unpaired) electrons. The van der Waals surface area contributed by atoms with Crippen molar-refractivity contribution < 1.29 is 0 Å². The number of benzene rings is 2. The second-order valence-corrected chi connectivity index (χ2v) is 3.69. The first kappa shape index (κ1) is 6.97. The zero-order valence-electron chi connectivity index (χ0n) is 6.77. The van der Waals surface area contributed by atoms with Gasteiger partial charge in [-0.15, -0.1) is 5.10 Å². The molecular formula is C10H6N2S. The van der Waals surface area contributed by atoms with Crippen molar-refractivity contribution in [2.45, 2.75) is 0 Å². The van der Waals surface area contributed by atoms with E-state index in [-0.39, 0.29) is 0 Å². The van der Waals surface area contributed by atoms with E-state index in [0.717, 1.165) is 10.2 Å². The molecule has 0 unspecified atom stereocenters. The number of rotatable bonds is 0. The largest absolute Gasteiger partial charge is 0.137 e.